The van der Waals surface area contributed by atoms with Gasteiger partial charge in [-0.15, -0.1) is 0 Å². The topological polar surface area (TPSA) is 65.1 Å². The SMILES string of the molecule is CCN1C(=O)/C(=C/c2cc(Br)c(OCC(=O)OC)c(OC)c2)SC1=S. The fourth-order valence-corrected chi connectivity index (χ4v) is 4.04. The summed E-state index contributed by atoms with van der Waals surface area (Å²) in [6.07, 6.45) is 1.74. The predicted octanol–water partition coefficient (Wildman–Crippen LogP) is 3.23. The molecule has 1 heterocycles. The maximum atomic E-state index is 12.3. The second kappa shape index (κ2) is 8.68. The Labute approximate surface area is 163 Å². The predicted molar refractivity (Wildman–Crippen MR) is 104 cm³/mol. The Hall–Kier alpha value is -1.58. The van der Waals surface area contributed by atoms with E-state index in [2.05, 4.69) is 20.7 Å². The molecule has 134 valence electrons. The summed E-state index contributed by atoms with van der Waals surface area (Å²) in [6.45, 7) is 2.18. The van der Waals surface area contributed by atoms with Crippen molar-refractivity contribution >= 4 is 62.2 Å². The fraction of sp³-hybridized carbons (Fsp3) is 0.312. The lowest BCUT2D eigenvalue weighted by atomic mass is 10.2. The number of ether oxygens (including phenoxy) is 3. The Morgan fingerprint density at radius 1 is 1.40 bits per heavy atom. The average molecular weight is 446 g/mol. The van der Waals surface area contributed by atoms with Gasteiger partial charge in [0.2, 0.25) is 0 Å². The minimum absolute atomic E-state index is 0.112. The van der Waals surface area contributed by atoms with Gasteiger partial charge in [-0.2, -0.15) is 0 Å². The molecule has 2 rings (SSSR count). The smallest absolute Gasteiger partial charge is 0.343 e. The summed E-state index contributed by atoms with van der Waals surface area (Å²) in [5.74, 6) is 0.196. The van der Waals surface area contributed by atoms with Gasteiger partial charge in [0.25, 0.3) is 5.91 Å². The second-order valence-electron chi connectivity index (χ2n) is 4.82. The molecule has 0 radical (unpaired) electrons. The van der Waals surface area contributed by atoms with Crippen LogP contribution in [-0.2, 0) is 14.3 Å². The van der Waals surface area contributed by atoms with Gasteiger partial charge in [0.15, 0.2) is 18.1 Å². The van der Waals surface area contributed by atoms with Crippen molar-refractivity contribution in [3.05, 3.63) is 27.1 Å². The minimum atomic E-state index is -0.499. The molecule has 0 aromatic heterocycles. The van der Waals surface area contributed by atoms with Gasteiger partial charge < -0.3 is 14.2 Å². The van der Waals surface area contributed by atoms with Crippen molar-refractivity contribution in [2.45, 2.75) is 6.92 Å². The van der Waals surface area contributed by atoms with Crippen LogP contribution in [0.4, 0.5) is 0 Å². The molecule has 1 saturated heterocycles. The molecule has 0 bridgehead atoms. The molecule has 0 spiro atoms. The highest BCUT2D eigenvalue weighted by molar-refractivity contribution is 9.10. The number of halogens is 1. The number of esters is 1. The van der Waals surface area contributed by atoms with Crippen molar-refractivity contribution in [2.24, 2.45) is 0 Å². The van der Waals surface area contributed by atoms with Crippen molar-refractivity contribution in [3.8, 4) is 11.5 Å². The number of hydrogen-bond acceptors (Lipinski definition) is 7. The zero-order valence-electron chi connectivity index (χ0n) is 13.8. The highest BCUT2D eigenvalue weighted by atomic mass is 79.9. The first kappa shape index (κ1) is 19.7. The highest BCUT2D eigenvalue weighted by Gasteiger charge is 2.30. The van der Waals surface area contributed by atoms with Crippen LogP contribution >= 0.6 is 39.9 Å². The van der Waals surface area contributed by atoms with E-state index in [9.17, 15) is 9.59 Å². The van der Waals surface area contributed by atoms with Gasteiger partial charge in [0.05, 0.1) is 23.6 Å². The maximum Gasteiger partial charge on any atom is 0.343 e. The van der Waals surface area contributed by atoms with E-state index < -0.39 is 5.97 Å². The van der Waals surface area contributed by atoms with E-state index in [-0.39, 0.29) is 12.5 Å². The van der Waals surface area contributed by atoms with E-state index in [0.29, 0.717) is 31.7 Å². The van der Waals surface area contributed by atoms with Crippen LogP contribution in [-0.4, -0.2) is 48.5 Å². The molecule has 1 aromatic rings. The number of rotatable bonds is 6. The van der Waals surface area contributed by atoms with Gasteiger partial charge >= 0.3 is 5.97 Å². The first-order chi connectivity index (χ1) is 11.9. The van der Waals surface area contributed by atoms with Crippen LogP contribution in [0, 0.1) is 0 Å². The lowest BCUT2D eigenvalue weighted by Crippen LogP contribution is -2.27. The third-order valence-corrected chi connectivity index (χ3v) is 5.27. The summed E-state index contributed by atoms with van der Waals surface area (Å²) in [4.78, 5) is 25.6. The Morgan fingerprint density at radius 2 is 2.12 bits per heavy atom. The van der Waals surface area contributed by atoms with Gasteiger partial charge in [-0.3, -0.25) is 9.69 Å². The zero-order chi connectivity index (χ0) is 18.6. The number of nitrogens with zero attached hydrogens (tertiary/aromatic N) is 1. The summed E-state index contributed by atoms with van der Waals surface area (Å²) in [6, 6.07) is 3.49. The minimum Gasteiger partial charge on any atom is -0.493 e. The zero-order valence-corrected chi connectivity index (χ0v) is 17.0. The molecule has 0 atom stereocenters. The van der Waals surface area contributed by atoms with E-state index in [4.69, 9.17) is 21.7 Å². The van der Waals surface area contributed by atoms with Gasteiger partial charge in [-0.05, 0) is 46.6 Å². The lowest BCUT2D eigenvalue weighted by molar-refractivity contribution is -0.143. The third kappa shape index (κ3) is 4.53. The molecule has 1 aliphatic heterocycles. The standard InChI is InChI=1S/C16H16BrNO5S2/c1-4-18-15(20)12(25-16(18)24)7-9-5-10(17)14(11(6-9)21-2)23-8-13(19)22-3/h5-7H,4,8H2,1-3H3/b12-7-. The second-order valence-corrected chi connectivity index (χ2v) is 7.35. The van der Waals surface area contributed by atoms with Crippen LogP contribution in [0.3, 0.4) is 0 Å². The van der Waals surface area contributed by atoms with Crippen LogP contribution in [0.1, 0.15) is 12.5 Å². The fourth-order valence-electron chi connectivity index (χ4n) is 2.08. The van der Waals surface area contributed by atoms with Gasteiger partial charge in [0.1, 0.15) is 4.32 Å². The molecule has 1 amide bonds. The van der Waals surface area contributed by atoms with Gasteiger partial charge in [-0.1, -0.05) is 24.0 Å². The number of benzene rings is 1. The molecule has 0 saturated carbocycles. The molecule has 25 heavy (non-hydrogen) atoms. The summed E-state index contributed by atoms with van der Waals surface area (Å²) in [5.41, 5.74) is 0.741. The van der Waals surface area contributed by atoms with Crippen LogP contribution in [0.25, 0.3) is 6.08 Å². The molecule has 6 nitrogen and oxygen atoms in total. The number of thioether (sulfide) groups is 1. The molecule has 1 aromatic carbocycles. The average Bonchev–Trinajstić information content (AvgIpc) is 2.86. The van der Waals surface area contributed by atoms with Crippen LogP contribution in [0.2, 0.25) is 0 Å². The monoisotopic (exact) mass is 445 g/mol. The summed E-state index contributed by atoms with van der Waals surface area (Å²) < 4.78 is 16.5. The quantitative estimate of drug-likeness (QED) is 0.378. The Balaban J connectivity index is 2.30. The van der Waals surface area contributed by atoms with Crippen molar-refractivity contribution in [2.75, 3.05) is 27.4 Å². The summed E-state index contributed by atoms with van der Waals surface area (Å²) >= 11 is 9.87. The van der Waals surface area contributed by atoms with Crippen LogP contribution < -0.4 is 9.47 Å². The molecular formula is C16H16BrNO5S2. The molecule has 0 aliphatic carbocycles. The van der Waals surface area contributed by atoms with Crippen LogP contribution in [0.5, 0.6) is 11.5 Å². The molecule has 1 aliphatic rings. The molecule has 1 fully saturated rings. The number of hydrogen-bond donors (Lipinski definition) is 0. The van der Waals surface area contributed by atoms with E-state index in [1.54, 1.807) is 23.1 Å². The van der Waals surface area contributed by atoms with Crippen molar-refractivity contribution < 1.29 is 23.8 Å². The normalized spacial score (nSPS) is 15.7. The van der Waals surface area contributed by atoms with Gasteiger partial charge in [-0.25, -0.2) is 4.79 Å². The van der Waals surface area contributed by atoms with Crippen molar-refractivity contribution in [1.82, 2.24) is 4.90 Å². The Morgan fingerprint density at radius 3 is 2.68 bits per heavy atom. The van der Waals surface area contributed by atoms with E-state index in [0.717, 1.165) is 5.56 Å². The number of likely N-dealkylation sites (N-methyl/N-ethyl adjacent to an activating group) is 1. The van der Waals surface area contributed by atoms with Crippen molar-refractivity contribution in [3.63, 3.8) is 0 Å². The third-order valence-electron chi connectivity index (χ3n) is 3.30. The first-order valence-corrected chi connectivity index (χ1v) is 9.25. The van der Waals surface area contributed by atoms with E-state index in [1.807, 2.05) is 6.92 Å². The Kier molecular flexibility index (Phi) is 6.86. The lowest BCUT2D eigenvalue weighted by Gasteiger charge is -2.13. The van der Waals surface area contributed by atoms with E-state index in [1.165, 1.54) is 26.0 Å². The number of methoxy groups -OCH3 is 2. The van der Waals surface area contributed by atoms with Crippen LogP contribution in [0.15, 0.2) is 21.5 Å². The Bertz CT molecular complexity index is 750. The van der Waals surface area contributed by atoms with E-state index >= 15 is 0 Å². The molecule has 0 unspecified atom stereocenters. The largest absolute Gasteiger partial charge is 0.493 e. The first-order valence-electron chi connectivity index (χ1n) is 7.23. The summed E-state index contributed by atoms with van der Waals surface area (Å²) in [5, 5.41) is 0. The number of thiocarbonyl (C=S) groups is 1. The molecule has 9 heteroatoms. The number of carbonyl (C=O) groups excluding carboxylic acids is 2. The van der Waals surface area contributed by atoms with Gasteiger partial charge in [0, 0.05) is 6.54 Å². The highest BCUT2D eigenvalue weighted by Crippen LogP contribution is 2.39. The molecular weight excluding hydrogens is 430 g/mol. The maximum absolute atomic E-state index is 12.3. The van der Waals surface area contributed by atoms with Crippen molar-refractivity contribution in [1.29, 1.82) is 0 Å². The molecule has 0 N–H and O–H groups in total. The number of amides is 1. The summed E-state index contributed by atoms with van der Waals surface area (Å²) in [7, 11) is 2.78. The number of carbonyl (C=O) groups is 2.